The van der Waals surface area contributed by atoms with Crippen LogP contribution in [0, 0.1) is 0 Å². The first-order valence-corrected chi connectivity index (χ1v) is 3.49. The molecule has 0 aromatic heterocycles. The van der Waals surface area contributed by atoms with Crippen LogP contribution in [0.2, 0.25) is 0 Å². The van der Waals surface area contributed by atoms with E-state index in [0.717, 1.165) is 0 Å². The average Bonchev–Trinajstić information content (AvgIpc) is 2.07. The zero-order valence-electron chi connectivity index (χ0n) is 6.47. The van der Waals surface area contributed by atoms with Gasteiger partial charge in [0.25, 0.3) is 0 Å². The lowest BCUT2D eigenvalue weighted by Crippen LogP contribution is -2.08. The lowest BCUT2D eigenvalue weighted by Gasteiger charge is -2.05. The number of hydrogen-bond donors (Lipinski definition) is 1. The number of hydrogen-bond acceptors (Lipinski definition) is 2. The van der Waals surface area contributed by atoms with E-state index in [2.05, 4.69) is 11.7 Å². The number of rotatable bonds is 3. The molecular weight excluding hydrogens is 154 g/mol. The third-order valence-corrected chi connectivity index (χ3v) is 1.53. The predicted octanol–water partition coefficient (Wildman–Crippen LogP) is 1.51. The molecule has 3 nitrogen and oxygen atoms in total. The molecule has 1 rings (SSSR count). The molecule has 62 valence electrons. The van der Waals surface area contributed by atoms with Crippen LogP contribution < -0.4 is 0 Å². The van der Waals surface area contributed by atoms with Gasteiger partial charge < -0.3 is 5.11 Å². The summed E-state index contributed by atoms with van der Waals surface area (Å²) < 4.78 is 0. The van der Waals surface area contributed by atoms with Crippen molar-refractivity contribution in [2.24, 2.45) is 4.99 Å². The molecular formula is C9H9NO2. The molecule has 1 aromatic rings. The smallest absolute Gasteiger partial charge is 0.333 e. The van der Waals surface area contributed by atoms with Crippen molar-refractivity contribution in [2.75, 3.05) is 0 Å². The number of aliphatic carboxylic acids is 1. The number of carboxylic acids is 1. The summed E-state index contributed by atoms with van der Waals surface area (Å²) >= 11 is 0. The summed E-state index contributed by atoms with van der Waals surface area (Å²) in [6, 6.07) is 7.96. The second-order valence-corrected chi connectivity index (χ2v) is 2.33. The van der Waals surface area contributed by atoms with E-state index in [1.807, 2.05) is 6.07 Å². The first-order valence-electron chi connectivity index (χ1n) is 3.49. The van der Waals surface area contributed by atoms with Gasteiger partial charge in [0, 0.05) is 0 Å². The van der Waals surface area contributed by atoms with E-state index in [-0.39, 0.29) is 0 Å². The second-order valence-electron chi connectivity index (χ2n) is 2.33. The number of carbonyl (C=O) groups is 1. The Labute approximate surface area is 70.4 Å². The molecule has 0 bridgehead atoms. The van der Waals surface area contributed by atoms with Crippen LogP contribution in [0.5, 0.6) is 0 Å². The van der Waals surface area contributed by atoms with Crippen molar-refractivity contribution in [1.82, 2.24) is 0 Å². The van der Waals surface area contributed by atoms with E-state index < -0.39 is 12.0 Å². The number of aliphatic imine (C=N–C) groups is 1. The van der Waals surface area contributed by atoms with Gasteiger partial charge in [0.2, 0.25) is 0 Å². The van der Waals surface area contributed by atoms with Crippen molar-refractivity contribution in [1.29, 1.82) is 0 Å². The minimum absolute atomic E-state index is 0.653. The first-order chi connectivity index (χ1) is 5.75. The van der Waals surface area contributed by atoms with Gasteiger partial charge in [0.15, 0.2) is 6.04 Å². The van der Waals surface area contributed by atoms with Gasteiger partial charge in [-0.3, -0.25) is 4.99 Å². The SMILES string of the molecule is C=NC(C(=O)O)c1ccccc1. The third-order valence-electron chi connectivity index (χ3n) is 1.53. The zero-order chi connectivity index (χ0) is 8.97. The minimum Gasteiger partial charge on any atom is -0.479 e. The molecule has 1 unspecified atom stereocenters. The molecule has 0 amide bonds. The van der Waals surface area contributed by atoms with Crippen molar-refractivity contribution in [2.45, 2.75) is 6.04 Å². The normalized spacial score (nSPS) is 12.0. The van der Waals surface area contributed by atoms with Gasteiger partial charge in [-0.2, -0.15) is 0 Å². The van der Waals surface area contributed by atoms with Gasteiger partial charge in [0.1, 0.15) is 0 Å². The fourth-order valence-corrected chi connectivity index (χ4v) is 0.961. The molecule has 12 heavy (non-hydrogen) atoms. The fourth-order valence-electron chi connectivity index (χ4n) is 0.961. The Morgan fingerprint density at radius 2 is 2.00 bits per heavy atom. The van der Waals surface area contributed by atoms with Crippen LogP contribution in [0.4, 0.5) is 0 Å². The zero-order valence-corrected chi connectivity index (χ0v) is 6.47. The molecule has 0 aliphatic heterocycles. The van der Waals surface area contributed by atoms with Gasteiger partial charge in [0.05, 0.1) is 0 Å². The van der Waals surface area contributed by atoms with Crippen molar-refractivity contribution in [3.63, 3.8) is 0 Å². The largest absolute Gasteiger partial charge is 0.479 e. The Balaban J connectivity index is 2.95. The summed E-state index contributed by atoms with van der Waals surface area (Å²) in [6.45, 7) is 3.23. The average molecular weight is 163 g/mol. The van der Waals surface area contributed by atoms with E-state index in [1.165, 1.54) is 0 Å². The third kappa shape index (κ3) is 1.69. The maximum absolute atomic E-state index is 10.6. The van der Waals surface area contributed by atoms with Crippen LogP contribution in [0.1, 0.15) is 11.6 Å². The van der Waals surface area contributed by atoms with E-state index in [1.54, 1.807) is 24.3 Å². The van der Waals surface area contributed by atoms with Gasteiger partial charge in [-0.25, -0.2) is 4.79 Å². The maximum Gasteiger partial charge on any atom is 0.333 e. The van der Waals surface area contributed by atoms with Crippen LogP contribution >= 0.6 is 0 Å². The summed E-state index contributed by atoms with van der Waals surface area (Å²) in [4.78, 5) is 14.1. The van der Waals surface area contributed by atoms with E-state index in [9.17, 15) is 4.79 Å². The van der Waals surface area contributed by atoms with Crippen molar-refractivity contribution in [3.8, 4) is 0 Å². The Hall–Kier alpha value is -1.64. The maximum atomic E-state index is 10.6. The Kier molecular flexibility index (Phi) is 2.58. The Bertz CT molecular complexity index is 282. The molecule has 0 radical (unpaired) electrons. The molecule has 0 fully saturated rings. The van der Waals surface area contributed by atoms with Gasteiger partial charge in [-0.1, -0.05) is 30.3 Å². The summed E-state index contributed by atoms with van der Waals surface area (Å²) in [5.74, 6) is -0.976. The molecule has 0 spiro atoms. The van der Waals surface area contributed by atoms with E-state index in [0.29, 0.717) is 5.56 Å². The molecule has 0 saturated heterocycles. The van der Waals surface area contributed by atoms with Crippen molar-refractivity contribution < 1.29 is 9.90 Å². The molecule has 0 aliphatic rings. The van der Waals surface area contributed by atoms with Gasteiger partial charge in [-0.15, -0.1) is 0 Å². The summed E-state index contributed by atoms with van der Waals surface area (Å²) in [5, 5.41) is 8.69. The molecule has 3 heteroatoms. The highest BCUT2D eigenvalue weighted by Gasteiger charge is 2.15. The van der Waals surface area contributed by atoms with E-state index >= 15 is 0 Å². The first kappa shape index (κ1) is 8.46. The van der Waals surface area contributed by atoms with Crippen LogP contribution in [0.25, 0.3) is 0 Å². The number of benzene rings is 1. The molecule has 0 saturated carbocycles. The molecule has 0 heterocycles. The van der Waals surface area contributed by atoms with Crippen molar-refractivity contribution in [3.05, 3.63) is 35.9 Å². The van der Waals surface area contributed by atoms with E-state index in [4.69, 9.17) is 5.11 Å². The lowest BCUT2D eigenvalue weighted by atomic mass is 10.1. The van der Waals surface area contributed by atoms with Crippen LogP contribution in [-0.2, 0) is 4.79 Å². The monoisotopic (exact) mass is 163 g/mol. The van der Waals surface area contributed by atoms with Crippen LogP contribution in [0.15, 0.2) is 35.3 Å². The molecule has 1 atom stereocenters. The fraction of sp³-hybridized carbons (Fsp3) is 0.111. The second kappa shape index (κ2) is 3.67. The number of carboxylic acid groups (broad SMARTS) is 1. The van der Waals surface area contributed by atoms with Crippen molar-refractivity contribution >= 4 is 12.7 Å². The highest BCUT2D eigenvalue weighted by atomic mass is 16.4. The molecule has 1 aromatic carbocycles. The topological polar surface area (TPSA) is 49.7 Å². The Morgan fingerprint density at radius 3 is 2.42 bits per heavy atom. The number of nitrogens with zero attached hydrogens (tertiary/aromatic N) is 1. The lowest BCUT2D eigenvalue weighted by molar-refractivity contribution is -0.138. The standard InChI is InChI=1S/C9H9NO2/c1-10-8(9(11)12)7-5-3-2-4-6-7/h2-6,8H,1H2,(H,11,12). The van der Waals surface area contributed by atoms with Gasteiger partial charge in [-0.05, 0) is 12.3 Å². The quantitative estimate of drug-likeness (QED) is 0.686. The van der Waals surface area contributed by atoms with Gasteiger partial charge >= 0.3 is 5.97 Å². The predicted molar refractivity (Wildman–Crippen MR) is 46.4 cm³/mol. The highest BCUT2D eigenvalue weighted by Crippen LogP contribution is 2.15. The summed E-state index contributed by atoms with van der Waals surface area (Å²) in [6.07, 6.45) is 0. The molecule has 1 N–H and O–H groups in total. The minimum atomic E-state index is -0.976. The summed E-state index contributed by atoms with van der Waals surface area (Å²) in [7, 11) is 0. The van der Waals surface area contributed by atoms with Crippen LogP contribution in [0.3, 0.4) is 0 Å². The highest BCUT2D eigenvalue weighted by molar-refractivity contribution is 5.76. The Morgan fingerprint density at radius 1 is 1.42 bits per heavy atom. The molecule has 0 aliphatic carbocycles. The van der Waals surface area contributed by atoms with Crippen LogP contribution in [-0.4, -0.2) is 17.8 Å². The summed E-state index contributed by atoms with van der Waals surface area (Å²) in [5.41, 5.74) is 0.653.